The van der Waals surface area contributed by atoms with Crippen molar-refractivity contribution in [1.29, 1.82) is 0 Å². The van der Waals surface area contributed by atoms with Crippen molar-refractivity contribution in [3.63, 3.8) is 0 Å². The molecule has 2 atom stereocenters. The topological polar surface area (TPSA) is 15.7 Å². The van der Waals surface area contributed by atoms with Gasteiger partial charge in [-0.05, 0) is 70.0 Å². The monoisotopic (exact) mass is 312 g/mol. The zero-order chi connectivity index (χ0) is 16.4. The summed E-state index contributed by atoms with van der Waals surface area (Å²) >= 11 is 0. The summed E-state index contributed by atoms with van der Waals surface area (Å²) in [6, 6.07) is 0. The van der Waals surface area contributed by atoms with Crippen LogP contribution < -0.4 is 0 Å². The van der Waals surface area contributed by atoms with E-state index in [1.807, 2.05) is 0 Å². The lowest BCUT2D eigenvalue weighted by Crippen LogP contribution is -2.35. The maximum Gasteiger partial charge on any atom is 0.0474 e. The van der Waals surface area contributed by atoms with Crippen molar-refractivity contribution >= 4 is 0 Å². The zero-order valence-electron chi connectivity index (χ0n) is 15.8. The van der Waals surface area contributed by atoms with Gasteiger partial charge in [0.05, 0.1) is 0 Å². The van der Waals surface area contributed by atoms with Crippen molar-refractivity contribution in [1.82, 2.24) is 9.80 Å². The summed E-state index contributed by atoms with van der Waals surface area (Å²) < 4.78 is 5.03. The molecule has 0 radical (unpaired) electrons. The van der Waals surface area contributed by atoms with Crippen LogP contribution in [0, 0.1) is 17.8 Å². The maximum atomic E-state index is 5.03. The number of piperidine rings is 2. The van der Waals surface area contributed by atoms with Crippen LogP contribution in [-0.4, -0.2) is 63.3 Å². The van der Waals surface area contributed by atoms with Gasteiger partial charge in [-0.25, -0.2) is 0 Å². The summed E-state index contributed by atoms with van der Waals surface area (Å²) in [4.78, 5) is 5.02. The third-order valence-electron chi connectivity index (χ3n) is 5.17. The lowest BCUT2D eigenvalue weighted by Gasteiger charge is -2.31. The number of likely N-dealkylation sites (tertiary alicyclic amines) is 2. The van der Waals surface area contributed by atoms with Gasteiger partial charge in [-0.15, -0.1) is 0 Å². The van der Waals surface area contributed by atoms with E-state index in [1.54, 1.807) is 7.11 Å². The van der Waals surface area contributed by atoms with Crippen LogP contribution in [0.5, 0.6) is 0 Å². The van der Waals surface area contributed by atoms with E-state index in [0.717, 1.165) is 24.4 Å². The maximum absolute atomic E-state index is 5.03. The first kappa shape index (κ1) is 19.9. The van der Waals surface area contributed by atoms with Crippen molar-refractivity contribution in [2.75, 3.05) is 53.5 Å². The van der Waals surface area contributed by atoms with Crippen LogP contribution in [0.3, 0.4) is 0 Å². The van der Waals surface area contributed by atoms with Crippen LogP contribution in [0.1, 0.15) is 52.9 Å². The van der Waals surface area contributed by atoms with Gasteiger partial charge in [0, 0.05) is 33.4 Å². The number of rotatable bonds is 5. The number of ether oxygens (including phenoxy) is 1. The lowest BCUT2D eigenvalue weighted by molar-refractivity contribution is 0.145. The molecule has 2 aliphatic heterocycles. The molecular formula is C19H40N2O. The molecule has 0 aromatic heterocycles. The second-order valence-electron chi connectivity index (χ2n) is 7.80. The first-order chi connectivity index (χ1) is 10.5. The molecule has 2 unspecified atom stereocenters. The van der Waals surface area contributed by atoms with Crippen molar-refractivity contribution in [2.24, 2.45) is 17.8 Å². The zero-order valence-corrected chi connectivity index (χ0v) is 15.8. The second-order valence-corrected chi connectivity index (χ2v) is 7.80. The fourth-order valence-corrected chi connectivity index (χ4v) is 3.67. The van der Waals surface area contributed by atoms with E-state index >= 15 is 0 Å². The average molecular weight is 313 g/mol. The minimum Gasteiger partial charge on any atom is -0.385 e. The molecule has 3 nitrogen and oxygen atoms in total. The third-order valence-corrected chi connectivity index (χ3v) is 5.17. The van der Waals surface area contributed by atoms with E-state index < -0.39 is 0 Å². The molecule has 22 heavy (non-hydrogen) atoms. The Kier molecular flexibility index (Phi) is 10.3. The summed E-state index contributed by atoms with van der Waals surface area (Å²) in [6.07, 6.45) is 6.83. The van der Waals surface area contributed by atoms with Crippen LogP contribution in [0.2, 0.25) is 0 Å². The number of methoxy groups -OCH3 is 1. The van der Waals surface area contributed by atoms with Crippen molar-refractivity contribution in [3.05, 3.63) is 0 Å². The van der Waals surface area contributed by atoms with E-state index in [1.165, 1.54) is 64.8 Å². The minimum absolute atomic E-state index is 0.878. The molecule has 0 N–H and O–H groups in total. The van der Waals surface area contributed by atoms with Crippen LogP contribution in [0.4, 0.5) is 0 Å². The summed E-state index contributed by atoms with van der Waals surface area (Å²) in [5, 5.41) is 0. The van der Waals surface area contributed by atoms with Gasteiger partial charge in [0.2, 0.25) is 0 Å². The van der Waals surface area contributed by atoms with E-state index in [2.05, 4.69) is 37.6 Å². The van der Waals surface area contributed by atoms with Gasteiger partial charge in [0.1, 0.15) is 0 Å². The van der Waals surface area contributed by atoms with E-state index in [4.69, 9.17) is 4.74 Å². The third kappa shape index (κ3) is 8.50. The standard InChI is InChI=1S/C10H21NO.C9H19N/c1-10-5-3-6-11(9-10)7-4-8-12-2;1-8(2)9-5-4-6-10(3)7-9/h10H,3-9H2,1-2H3;8-9H,4-7H2,1-3H3. The molecule has 2 rings (SSSR count). The van der Waals surface area contributed by atoms with Gasteiger partial charge < -0.3 is 14.5 Å². The Morgan fingerprint density at radius 3 is 2.36 bits per heavy atom. The molecule has 0 spiro atoms. The summed E-state index contributed by atoms with van der Waals surface area (Å²) in [5.41, 5.74) is 0. The highest BCUT2D eigenvalue weighted by atomic mass is 16.5. The fraction of sp³-hybridized carbons (Fsp3) is 1.00. The molecule has 0 aromatic rings. The van der Waals surface area contributed by atoms with Crippen LogP contribution >= 0.6 is 0 Å². The van der Waals surface area contributed by atoms with Gasteiger partial charge in [0.15, 0.2) is 0 Å². The van der Waals surface area contributed by atoms with Gasteiger partial charge in [-0.2, -0.15) is 0 Å². The first-order valence-electron chi connectivity index (χ1n) is 9.42. The molecule has 0 amide bonds. The van der Waals surface area contributed by atoms with Gasteiger partial charge in [-0.1, -0.05) is 20.8 Å². The molecule has 2 saturated heterocycles. The largest absolute Gasteiger partial charge is 0.385 e. The quantitative estimate of drug-likeness (QED) is 0.719. The number of hydrogen-bond acceptors (Lipinski definition) is 3. The smallest absolute Gasteiger partial charge is 0.0474 e. The Bertz CT molecular complexity index is 270. The molecule has 0 bridgehead atoms. The highest BCUT2D eigenvalue weighted by Crippen LogP contribution is 2.22. The average Bonchev–Trinajstić information content (AvgIpc) is 2.48. The Morgan fingerprint density at radius 1 is 1.09 bits per heavy atom. The Labute approximate surface area is 139 Å². The van der Waals surface area contributed by atoms with Crippen molar-refractivity contribution in [2.45, 2.75) is 52.9 Å². The molecule has 2 aliphatic rings. The Hall–Kier alpha value is -0.120. The molecular weight excluding hydrogens is 272 g/mol. The van der Waals surface area contributed by atoms with Crippen LogP contribution in [0.25, 0.3) is 0 Å². The molecule has 2 fully saturated rings. The molecule has 0 saturated carbocycles. The highest BCUT2D eigenvalue weighted by Gasteiger charge is 2.19. The molecule has 2 heterocycles. The van der Waals surface area contributed by atoms with E-state index in [-0.39, 0.29) is 0 Å². The Balaban J connectivity index is 0.000000224. The SMILES string of the molecule is CC(C)C1CCCN(C)C1.COCCCN1CCCC(C)C1. The first-order valence-corrected chi connectivity index (χ1v) is 9.42. The van der Waals surface area contributed by atoms with Crippen LogP contribution in [-0.2, 0) is 4.74 Å². The molecule has 132 valence electrons. The second kappa shape index (κ2) is 11.4. The molecule has 3 heteroatoms. The Morgan fingerprint density at radius 2 is 1.82 bits per heavy atom. The molecule has 0 aliphatic carbocycles. The summed E-state index contributed by atoms with van der Waals surface area (Å²) in [5.74, 6) is 2.74. The summed E-state index contributed by atoms with van der Waals surface area (Å²) in [7, 11) is 4.01. The van der Waals surface area contributed by atoms with Crippen molar-refractivity contribution < 1.29 is 4.74 Å². The summed E-state index contributed by atoms with van der Waals surface area (Å²) in [6.45, 7) is 14.4. The van der Waals surface area contributed by atoms with Gasteiger partial charge in [0.25, 0.3) is 0 Å². The van der Waals surface area contributed by atoms with E-state index in [9.17, 15) is 0 Å². The van der Waals surface area contributed by atoms with Crippen LogP contribution in [0.15, 0.2) is 0 Å². The van der Waals surface area contributed by atoms with Gasteiger partial charge >= 0.3 is 0 Å². The van der Waals surface area contributed by atoms with Crippen molar-refractivity contribution in [3.8, 4) is 0 Å². The van der Waals surface area contributed by atoms with Gasteiger partial charge in [-0.3, -0.25) is 0 Å². The van der Waals surface area contributed by atoms with E-state index in [0.29, 0.717) is 0 Å². The normalized spacial score (nSPS) is 27.5. The fourth-order valence-electron chi connectivity index (χ4n) is 3.67. The highest BCUT2D eigenvalue weighted by molar-refractivity contribution is 4.72. The predicted molar refractivity (Wildman–Crippen MR) is 96.4 cm³/mol. The predicted octanol–water partition coefficient (Wildman–Crippen LogP) is 3.74. The number of hydrogen-bond donors (Lipinski definition) is 0. The minimum atomic E-state index is 0.878. The molecule has 0 aromatic carbocycles. The lowest BCUT2D eigenvalue weighted by atomic mass is 9.88. The number of nitrogens with zero attached hydrogens (tertiary/aromatic N) is 2.